The van der Waals surface area contributed by atoms with Crippen LogP contribution in [0.15, 0.2) is 84.9 Å². The molecule has 42 heavy (non-hydrogen) atoms. The summed E-state index contributed by atoms with van der Waals surface area (Å²) < 4.78 is 130. The SMILES string of the molecule is COc1cc([C@@](Cc2ccccc2)(NC(=O)c2ccc(F)c(C(F)(F)F)c2)c2cc(F)cc(C(F)(F)F)c2)ccc1F. The van der Waals surface area contributed by atoms with Crippen LogP contribution in [0.4, 0.5) is 39.5 Å². The maximum atomic E-state index is 14.8. The van der Waals surface area contributed by atoms with Crippen LogP contribution in [0.2, 0.25) is 0 Å². The maximum Gasteiger partial charge on any atom is 0.419 e. The second-order valence-corrected chi connectivity index (χ2v) is 9.29. The standard InChI is InChI=1S/C30H20F9NO2/c1-42-26-15-19(8-10-25(26)33)28(16-17-5-3-2-4-6-17,20-12-21(29(34,35)36)14-22(31)13-20)40-27(41)18-7-9-24(32)23(11-18)30(37,38)39/h2-15H,16H2,1H3,(H,40,41)/t28-/m1/s1. The van der Waals surface area contributed by atoms with E-state index in [1.54, 1.807) is 30.3 Å². The third-order valence-electron chi connectivity index (χ3n) is 6.53. The molecule has 4 rings (SSSR count). The molecule has 0 radical (unpaired) electrons. The highest BCUT2D eigenvalue weighted by Crippen LogP contribution is 2.40. The number of methoxy groups -OCH3 is 1. The van der Waals surface area contributed by atoms with E-state index >= 15 is 0 Å². The second-order valence-electron chi connectivity index (χ2n) is 9.29. The zero-order valence-corrected chi connectivity index (χ0v) is 21.5. The summed E-state index contributed by atoms with van der Waals surface area (Å²) in [4.78, 5) is 13.6. The highest BCUT2D eigenvalue weighted by atomic mass is 19.4. The van der Waals surface area contributed by atoms with Crippen LogP contribution < -0.4 is 10.1 Å². The molecule has 0 aliphatic rings. The predicted octanol–water partition coefficient (Wildman–Crippen LogP) is 8.07. The summed E-state index contributed by atoms with van der Waals surface area (Å²) in [6.07, 6.45) is -10.6. The summed E-state index contributed by atoms with van der Waals surface area (Å²) in [6.45, 7) is 0. The molecule has 0 saturated heterocycles. The van der Waals surface area contributed by atoms with E-state index in [0.29, 0.717) is 17.7 Å². The highest BCUT2D eigenvalue weighted by molar-refractivity contribution is 5.95. The minimum Gasteiger partial charge on any atom is -0.494 e. The summed E-state index contributed by atoms with van der Waals surface area (Å²) in [5, 5.41) is 2.46. The lowest BCUT2D eigenvalue weighted by Gasteiger charge is -2.37. The fourth-order valence-corrected chi connectivity index (χ4v) is 4.54. The number of halogens is 9. The minimum absolute atomic E-state index is 0.0881. The van der Waals surface area contributed by atoms with E-state index in [1.807, 2.05) is 0 Å². The molecule has 0 saturated carbocycles. The first kappa shape index (κ1) is 30.5. The van der Waals surface area contributed by atoms with Crippen LogP contribution in [0.25, 0.3) is 0 Å². The van der Waals surface area contributed by atoms with Crippen molar-refractivity contribution < 1.29 is 49.0 Å². The van der Waals surface area contributed by atoms with Gasteiger partial charge in [0.15, 0.2) is 11.6 Å². The van der Waals surface area contributed by atoms with Crippen LogP contribution in [-0.2, 0) is 24.3 Å². The maximum absolute atomic E-state index is 14.8. The molecule has 0 fully saturated rings. The number of carbonyl (C=O) groups is 1. The Kier molecular flexibility index (Phi) is 8.29. The molecule has 0 aliphatic heterocycles. The van der Waals surface area contributed by atoms with Crippen molar-refractivity contribution in [2.45, 2.75) is 24.3 Å². The van der Waals surface area contributed by atoms with Crippen LogP contribution >= 0.6 is 0 Å². The van der Waals surface area contributed by atoms with Gasteiger partial charge in [-0.25, -0.2) is 13.2 Å². The normalized spacial score (nSPS) is 13.4. The van der Waals surface area contributed by atoms with Crippen LogP contribution in [0.5, 0.6) is 5.75 Å². The Hall–Kier alpha value is -4.48. The Labute approximate surface area is 233 Å². The zero-order valence-electron chi connectivity index (χ0n) is 21.5. The van der Waals surface area contributed by atoms with Crippen LogP contribution in [-0.4, -0.2) is 13.0 Å². The average molecular weight is 597 g/mol. The molecule has 0 heterocycles. The number of ether oxygens (including phenoxy) is 1. The molecule has 4 aromatic carbocycles. The molecule has 1 amide bonds. The van der Waals surface area contributed by atoms with E-state index in [1.165, 1.54) is 0 Å². The van der Waals surface area contributed by atoms with Crippen molar-refractivity contribution in [3.8, 4) is 5.75 Å². The molecular weight excluding hydrogens is 577 g/mol. The number of alkyl halides is 6. The fraction of sp³-hybridized carbons (Fsp3) is 0.167. The number of nitrogens with one attached hydrogen (secondary N) is 1. The van der Waals surface area contributed by atoms with Gasteiger partial charge in [-0.05, 0) is 65.2 Å². The number of carbonyl (C=O) groups excluding carboxylic acids is 1. The van der Waals surface area contributed by atoms with Crippen molar-refractivity contribution in [2.24, 2.45) is 0 Å². The van der Waals surface area contributed by atoms with Gasteiger partial charge in [0.25, 0.3) is 5.91 Å². The molecule has 0 spiro atoms. The Morgan fingerprint density at radius 3 is 1.98 bits per heavy atom. The van der Waals surface area contributed by atoms with Crippen molar-refractivity contribution in [1.29, 1.82) is 0 Å². The summed E-state index contributed by atoms with van der Waals surface area (Å²) in [7, 11) is 1.11. The van der Waals surface area contributed by atoms with E-state index in [9.17, 15) is 44.3 Å². The second kappa shape index (κ2) is 11.4. The molecule has 0 bridgehead atoms. The Morgan fingerprint density at radius 2 is 1.36 bits per heavy atom. The first-order valence-electron chi connectivity index (χ1n) is 12.1. The molecule has 0 aromatic heterocycles. The summed E-state index contributed by atoms with van der Waals surface area (Å²) in [5.41, 5.74) is -6.16. The topological polar surface area (TPSA) is 38.3 Å². The Balaban J connectivity index is 2.02. The number of amides is 1. The van der Waals surface area contributed by atoms with Crippen molar-refractivity contribution in [3.05, 3.63) is 136 Å². The van der Waals surface area contributed by atoms with Gasteiger partial charge in [0.2, 0.25) is 0 Å². The Morgan fingerprint density at radius 1 is 0.714 bits per heavy atom. The van der Waals surface area contributed by atoms with Gasteiger partial charge in [-0.15, -0.1) is 0 Å². The lowest BCUT2D eigenvalue weighted by atomic mass is 9.77. The number of benzene rings is 4. The molecule has 0 aliphatic carbocycles. The van der Waals surface area contributed by atoms with Gasteiger partial charge in [0.1, 0.15) is 11.6 Å². The monoisotopic (exact) mass is 597 g/mol. The van der Waals surface area contributed by atoms with Gasteiger partial charge >= 0.3 is 12.4 Å². The van der Waals surface area contributed by atoms with Crippen LogP contribution in [0, 0.1) is 17.5 Å². The first-order valence-corrected chi connectivity index (χ1v) is 12.1. The number of hydrogen-bond acceptors (Lipinski definition) is 2. The molecule has 0 unspecified atom stereocenters. The summed E-state index contributed by atoms with van der Waals surface area (Å²) >= 11 is 0. The summed E-state index contributed by atoms with van der Waals surface area (Å²) in [6, 6.07) is 13.9. The average Bonchev–Trinajstić information content (AvgIpc) is 2.92. The van der Waals surface area contributed by atoms with Gasteiger partial charge in [-0.1, -0.05) is 36.4 Å². The van der Waals surface area contributed by atoms with Crippen LogP contribution in [0.3, 0.4) is 0 Å². The quantitative estimate of drug-likeness (QED) is 0.219. The lowest BCUT2D eigenvalue weighted by molar-refractivity contribution is -0.140. The molecular formula is C30H20F9NO2. The van der Waals surface area contributed by atoms with E-state index in [2.05, 4.69) is 5.32 Å². The third kappa shape index (κ3) is 6.37. The number of hydrogen-bond donors (Lipinski definition) is 1. The van der Waals surface area contributed by atoms with Crippen molar-refractivity contribution in [3.63, 3.8) is 0 Å². The van der Waals surface area contributed by atoms with Gasteiger partial charge in [0, 0.05) is 12.0 Å². The minimum atomic E-state index is -5.17. The molecule has 220 valence electrons. The van der Waals surface area contributed by atoms with Crippen LogP contribution in [0.1, 0.15) is 38.2 Å². The molecule has 3 nitrogen and oxygen atoms in total. The smallest absolute Gasteiger partial charge is 0.419 e. The number of rotatable bonds is 7. The van der Waals surface area contributed by atoms with Gasteiger partial charge in [-0.2, -0.15) is 26.3 Å². The van der Waals surface area contributed by atoms with Crippen molar-refractivity contribution in [2.75, 3.05) is 7.11 Å². The Bertz CT molecular complexity index is 1600. The molecule has 12 heteroatoms. The third-order valence-corrected chi connectivity index (χ3v) is 6.53. The lowest BCUT2D eigenvalue weighted by Crippen LogP contribution is -2.49. The molecule has 4 aromatic rings. The van der Waals surface area contributed by atoms with Gasteiger partial charge in [-0.3, -0.25) is 4.79 Å². The van der Waals surface area contributed by atoms with Gasteiger partial charge < -0.3 is 10.1 Å². The predicted molar refractivity (Wildman–Crippen MR) is 134 cm³/mol. The largest absolute Gasteiger partial charge is 0.494 e. The highest BCUT2D eigenvalue weighted by Gasteiger charge is 2.41. The molecule has 1 N–H and O–H groups in total. The van der Waals surface area contributed by atoms with E-state index < -0.39 is 63.5 Å². The van der Waals surface area contributed by atoms with E-state index in [4.69, 9.17) is 4.74 Å². The summed E-state index contributed by atoms with van der Waals surface area (Å²) in [5.74, 6) is -5.50. The van der Waals surface area contributed by atoms with Crippen molar-refractivity contribution >= 4 is 5.91 Å². The first-order chi connectivity index (χ1) is 19.6. The zero-order chi connectivity index (χ0) is 30.9. The van der Waals surface area contributed by atoms with E-state index in [-0.39, 0.29) is 29.9 Å². The fourth-order valence-electron chi connectivity index (χ4n) is 4.54. The molecule has 1 atom stereocenters. The van der Waals surface area contributed by atoms with Crippen molar-refractivity contribution in [1.82, 2.24) is 5.32 Å². The van der Waals surface area contributed by atoms with Gasteiger partial charge in [0.05, 0.1) is 23.8 Å². The van der Waals surface area contributed by atoms with E-state index in [0.717, 1.165) is 37.4 Å².